The first-order valence-electron chi connectivity index (χ1n) is 5.82. The Kier molecular flexibility index (Phi) is 4.36. The number of nitrogen functional groups attached to an aromatic ring is 1. The van der Waals surface area contributed by atoms with Crippen LogP contribution in [0.3, 0.4) is 0 Å². The Morgan fingerprint density at radius 3 is 2.89 bits per heavy atom. The van der Waals surface area contributed by atoms with E-state index in [-0.39, 0.29) is 11.7 Å². The molecule has 102 valence electrons. The quantitative estimate of drug-likeness (QED) is 0.661. The normalized spacial score (nSPS) is 11.2. The van der Waals surface area contributed by atoms with Gasteiger partial charge < -0.3 is 5.73 Å². The number of hydrogen-bond acceptors (Lipinski definition) is 4. The van der Waals surface area contributed by atoms with Gasteiger partial charge in [0.15, 0.2) is 5.16 Å². The van der Waals surface area contributed by atoms with E-state index in [9.17, 15) is 4.79 Å². The summed E-state index contributed by atoms with van der Waals surface area (Å²) in [4.78, 5) is 11.6. The fraction of sp³-hybridized carbons (Fsp3) is 0.333. The Morgan fingerprint density at radius 2 is 2.26 bits per heavy atom. The van der Waals surface area contributed by atoms with E-state index < -0.39 is 0 Å². The third-order valence-corrected chi connectivity index (χ3v) is 4.36. The first kappa shape index (κ1) is 14.2. The molecular formula is C12H15BrN4OS. The third kappa shape index (κ3) is 3.22. The average molecular weight is 343 g/mol. The van der Waals surface area contributed by atoms with Gasteiger partial charge in [-0.25, -0.2) is 9.89 Å². The number of halogens is 1. The Labute approximate surface area is 123 Å². The van der Waals surface area contributed by atoms with Crippen LogP contribution in [0.1, 0.15) is 25.5 Å². The highest BCUT2D eigenvalue weighted by Gasteiger charge is 2.12. The van der Waals surface area contributed by atoms with Crippen molar-refractivity contribution in [1.29, 1.82) is 0 Å². The summed E-state index contributed by atoms with van der Waals surface area (Å²) in [5.74, 6) is 0.720. The second-order valence-electron chi connectivity index (χ2n) is 4.41. The lowest BCUT2D eigenvalue weighted by Crippen LogP contribution is -2.19. The highest BCUT2D eigenvalue weighted by Crippen LogP contribution is 2.27. The second kappa shape index (κ2) is 5.83. The van der Waals surface area contributed by atoms with E-state index in [1.807, 2.05) is 32.0 Å². The minimum Gasteiger partial charge on any atom is -0.399 e. The molecule has 3 N–H and O–H groups in total. The van der Waals surface area contributed by atoms with E-state index in [2.05, 4.69) is 26.1 Å². The lowest BCUT2D eigenvalue weighted by molar-refractivity contribution is 0.534. The molecule has 0 saturated carbocycles. The van der Waals surface area contributed by atoms with Crippen molar-refractivity contribution in [3.8, 4) is 0 Å². The number of thioether (sulfide) groups is 1. The van der Waals surface area contributed by atoms with Crippen LogP contribution in [0, 0.1) is 0 Å². The number of rotatable bonds is 4. The molecule has 0 aliphatic rings. The van der Waals surface area contributed by atoms with Gasteiger partial charge in [0.1, 0.15) is 0 Å². The van der Waals surface area contributed by atoms with Gasteiger partial charge in [-0.3, -0.25) is 4.57 Å². The van der Waals surface area contributed by atoms with E-state index in [4.69, 9.17) is 5.73 Å². The van der Waals surface area contributed by atoms with Crippen molar-refractivity contribution in [3.05, 3.63) is 38.7 Å². The molecule has 5 nitrogen and oxygen atoms in total. The van der Waals surface area contributed by atoms with Crippen LogP contribution < -0.4 is 11.4 Å². The minimum absolute atomic E-state index is 0.0867. The van der Waals surface area contributed by atoms with E-state index in [1.54, 1.807) is 4.57 Å². The SMILES string of the molecule is CC(C)n1c(SCc2ccc(N)cc2Br)n[nH]c1=O. The van der Waals surface area contributed by atoms with Gasteiger partial charge in [0.25, 0.3) is 0 Å². The largest absolute Gasteiger partial charge is 0.399 e. The minimum atomic E-state index is -0.172. The number of hydrogen-bond donors (Lipinski definition) is 2. The van der Waals surface area contributed by atoms with Crippen molar-refractivity contribution >= 4 is 33.4 Å². The molecule has 2 aromatic rings. The summed E-state index contributed by atoms with van der Waals surface area (Å²) in [5, 5.41) is 7.23. The molecule has 1 heterocycles. The van der Waals surface area contributed by atoms with E-state index in [0.29, 0.717) is 5.16 Å². The summed E-state index contributed by atoms with van der Waals surface area (Å²) in [7, 11) is 0. The summed E-state index contributed by atoms with van der Waals surface area (Å²) < 4.78 is 2.62. The number of nitrogens with zero attached hydrogens (tertiary/aromatic N) is 2. The van der Waals surface area contributed by atoms with Crippen LogP contribution in [0.5, 0.6) is 0 Å². The Balaban J connectivity index is 2.17. The molecule has 0 amide bonds. The predicted molar refractivity (Wildman–Crippen MR) is 81.3 cm³/mol. The molecule has 0 fully saturated rings. The number of aromatic amines is 1. The van der Waals surface area contributed by atoms with Crippen LogP contribution in [0.4, 0.5) is 5.69 Å². The highest BCUT2D eigenvalue weighted by atomic mass is 79.9. The smallest absolute Gasteiger partial charge is 0.344 e. The number of H-pyrrole nitrogens is 1. The Morgan fingerprint density at radius 1 is 1.53 bits per heavy atom. The molecule has 7 heteroatoms. The van der Waals surface area contributed by atoms with E-state index >= 15 is 0 Å². The zero-order valence-corrected chi connectivity index (χ0v) is 13.1. The molecule has 0 atom stereocenters. The molecule has 0 bridgehead atoms. The molecule has 0 radical (unpaired) electrons. The zero-order chi connectivity index (χ0) is 14.0. The van der Waals surface area contributed by atoms with Crippen LogP contribution >= 0.6 is 27.7 Å². The summed E-state index contributed by atoms with van der Waals surface area (Å²) >= 11 is 5.00. The molecule has 0 spiro atoms. The summed E-state index contributed by atoms with van der Waals surface area (Å²) in [6.45, 7) is 3.92. The van der Waals surface area contributed by atoms with Crippen LogP contribution in [0.2, 0.25) is 0 Å². The molecule has 1 aromatic carbocycles. The first-order valence-corrected chi connectivity index (χ1v) is 7.60. The second-order valence-corrected chi connectivity index (χ2v) is 6.21. The molecule has 1 aromatic heterocycles. The van der Waals surface area contributed by atoms with Crippen molar-refractivity contribution < 1.29 is 0 Å². The molecule has 0 saturated heterocycles. The molecule has 19 heavy (non-hydrogen) atoms. The predicted octanol–water partition coefficient (Wildman–Crippen LogP) is 2.79. The van der Waals surface area contributed by atoms with Gasteiger partial charge in [-0.15, -0.1) is 5.10 Å². The van der Waals surface area contributed by atoms with Gasteiger partial charge in [-0.2, -0.15) is 0 Å². The number of nitrogens with one attached hydrogen (secondary N) is 1. The molecule has 0 aliphatic carbocycles. The molecule has 0 unspecified atom stereocenters. The van der Waals surface area contributed by atoms with Gasteiger partial charge in [0.2, 0.25) is 0 Å². The van der Waals surface area contributed by atoms with E-state index in [0.717, 1.165) is 21.5 Å². The van der Waals surface area contributed by atoms with Crippen LogP contribution in [-0.4, -0.2) is 14.8 Å². The summed E-state index contributed by atoms with van der Waals surface area (Å²) in [5.41, 5.74) is 7.37. The van der Waals surface area contributed by atoms with Crippen molar-refractivity contribution in [1.82, 2.24) is 14.8 Å². The summed E-state index contributed by atoms with van der Waals surface area (Å²) in [6, 6.07) is 5.79. The topological polar surface area (TPSA) is 76.7 Å². The molecule has 0 aliphatic heterocycles. The van der Waals surface area contributed by atoms with Gasteiger partial charge >= 0.3 is 5.69 Å². The molecular weight excluding hydrogens is 328 g/mol. The van der Waals surface area contributed by atoms with Crippen LogP contribution in [0.25, 0.3) is 0 Å². The monoisotopic (exact) mass is 342 g/mol. The number of anilines is 1. The fourth-order valence-corrected chi connectivity index (χ4v) is 3.47. The van der Waals surface area contributed by atoms with Crippen LogP contribution in [-0.2, 0) is 5.75 Å². The maximum absolute atomic E-state index is 11.6. The Bertz CT molecular complexity index is 635. The lowest BCUT2D eigenvalue weighted by Gasteiger charge is -2.09. The lowest BCUT2D eigenvalue weighted by atomic mass is 10.2. The maximum Gasteiger partial charge on any atom is 0.344 e. The number of benzene rings is 1. The third-order valence-electron chi connectivity index (χ3n) is 2.62. The van der Waals surface area contributed by atoms with E-state index in [1.165, 1.54) is 11.8 Å². The van der Waals surface area contributed by atoms with Gasteiger partial charge in [0, 0.05) is 22.0 Å². The highest BCUT2D eigenvalue weighted by molar-refractivity contribution is 9.10. The van der Waals surface area contributed by atoms with Crippen molar-refractivity contribution in [2.45, 2.75) is 30.8 Å². The first-order chi connectivity index (χ1) is 8.99. The fourth-order valence-electron chi connectivity index (χ4n) is 1.67. The number of nitrogens with two attached hydrogens (primary N) is 1. The Hall–Kier alpha value is -1.21. The summed E-state index contributed by atoms with van der Waals surface area (Å²) in [6.07, 6.45) is 0. The maximum atomic E-state index is 11.6. The molecule has 2 rings (SSSR count). The standard InChI is InChI=1S/C12H15BrN4OS/c1-7(2)17-11(18)15-16-12(17)19-6-8-3-4-9(14)5-10(8)13/h3-5,7H,6,14H2,1-2H3,(H,15,18). The zero-order valence-electron chi connectivity index (χ0n) is 10.7. The van der Waals surface area contributed by atoms with Crippen molar-refractivity contribution in [2.24, 2.45) is 0 Å². The van der Waals surface area contributed by atoms with Crippen LogP contribution in [0.15, 0.2) is 32.6 Å². The van der Waals surface area contributed by atoms with Gasteiger partial charge in [-0.05, 0) is 31.5 Å². The average Bonchev–Trinajstić information content (AvgIpc) is 2.69. The van der Waals surface area contributed by atoms with Gasteiger partial charge in [0.05, 0.1) is 0 Å². The van der Waals surface area contributed by atoms with Crippen molar-refractivity contribution in [3.63, 3.8) is 0 Å². The van der Waals surface area contributed by atoms with Gasteiger partial charge in [-0.1, -0.05) is 33.8 Å². The number of aromatic nitrogens is 3. The van der Waals surface area contributed by atoms with Crippen molar-refractivity contribution in [2.75, 3.05) is 5.73 Å².